The molecule has 2 heterocycles. The van der Waals surface area contributed by atoms with Crippen molar-refractivity contribution in [2.75, 3.05) is 13.1 Å². The van der Waals surface area contributed by atoms with E-state index in [1.54, 1.807) is 0 Å². The number of amides is 3. The number of fused-ring (bicyclic) bond motifs is 1. The Bertz CT molecular complexity index is 1600. The van der Waals surface area contributed by atoms with Crippen LogP contribution in [0.2, 0.25) is 0 Å². The van der Waals surface area contributed by atoms with E-state index in [4.69, 9.17) is 9.47 Å². The zero-order chi connectivity index (χ0) is 36.0. The van der Waals surface area contributed by atoms with Gasteiger partial charge in [-0.3, -0.25) is 9.69 Å². The molecule has 3 aromatic carbocycles. The minimum absolute atomic E-state index is 0.00677. The molecule has 1 saturated carbocycles. The summed E-state index contributed by atoms with van der Waals surface area (Å²) in [6.45, 7) is 9.69. The molecule has 2 saturated heterocycles. The van der Waals surface area contributed by atoms with E-state index in [-0.39, 0.29) is 42.3 Å². The van der Waals surface area contributed by atoms with E-state index in [9.17, 15) is 14.7 Å². The van der Waals surface area contributed by atoms with Crippen LogP contribution in [0, 0.1) is 5.92 Å². The van der Waals surface area contributed by atoms with Gasteiger partial charge in [0.1, 0.15) is 0 Å². The Morgan fingerprint density at radius 2 is 1.59 bits per heavy atom. The lowest BCUT2D eigenvalue weighted by atomic mass is 9.75. The monoisotopic (exact) mass is 696 g/mol. The summed E-state index contributed by atoms with van der Waals surface area (Å²) in [5.74, 6) is 0.727. The number of aliphatic hydroxyl groups excluding tert-OH is 1. The lowest BCUT2D eigenvalue weighted by molar-refractivity contribution is -0.255. The van der Waals surface area contributed by atoms with E-state index in [0.29, 0.717) is 38.0 Å². The first-order chi connectivity index (χ1) is 24.6. The van der Waals surface area contributed by atoms with Crippen molar-refractivity contribution in [1.82, 2.24) is 20.9 Å². The van der Waals surface area contributed by atoms with Gasteiger partial charge in [-0.05, 0) is 87.1 Å². The van der Waals surface area contributed by atoms with Gasteiger partial charge < -0.3 is 30.5 Å². The normalized spacial score (nSPS) is 25.4. The first-order valence-corrected chi connectivity index (χ1v) is 18.9. The zero-order valence-corrected chi connectivity index (χ0v) is 30.7. The Hall–Kier alpha value is -3.76. The molecule has 3 fully saturated rings. The van der Waals surface area contributed by atoms with Crippen molar-refractivity contribution < 1.29 is 24.2 Å². The van der Waals surface area contributed by atoms with Gasteiger partial charge in [0, 0.05) is 43.2 Å². The highest BCUT2D eigenvalue weighted by Crippen LogP contribution is 2.42. The van der Waals surface area contributed by atoms with E-state index < -0.39 is 6.29 Å². The van der Waals surface area contributed by atoms with Crippen LogP contribution >= 0.6 is 0 Å². The fourth-order valence-corrected chi connectivity index (χ4v) is 8.17. The summed E-state index contributed by atoms with van der Waals surface area (Å²) >= 11 is 0. The zero-order valence-electron chi connectivity index (χ0n) is 30.7. The Kier molecular flexibility index (Phi) is 12.1. The molecule has 1 aliphatic carbocycles. The van der Waals surface area contributed by atoms with Crippen LogP contribution in [0.3, 0.4) is 0 Å². The maximum atomic E-state index is 13.8. The number of urea groups is 1. The van der Waals surface area contributed by atoms with Crippen molar-refractivity contribution in [1.29, 1.82) is 0 Å². The van der Waals surface area contributed by atoms with Gasteiger partial charge in [0.2, 0.25) is 5.91 Å². The number of nitrogens with one attached hydrogen (secondary N) is 3. The summed E-state index contributed by atoms with van der Waals surface area (Å²) in [4.78, 5) is 28.4. The molecule has 3 amide bonds. The van der Waals surface area contributed by atoms with E-state index in [1.165, 1.54) is 19.3 Å². The first-order valence-electron chi connectivity index (χ1n) is 18.9. The van der Waals surface area contributed by atoms with Gasteiger partial charge in [-0.2, -0.15) is 0 Å². The Morgan fingerprint density at radius 3 is 2.31 bits per heavy atom. The average Bonchev–Trinajstić information content (AvgIpc) is 3.13. The molecule has 9 nitrogen and oxygen atoms in total. The largest absolute Gasteiger partial charge is 0.392 e. The summed E-state index contributed by atoms with van der Waals surface area (Å²) < 4.78 is 13.6. The number of nitrogens with zero attached hydrogens (tertiary/aromatic N) is 1. The molecular formula is C42H56N4O5. The van der Waals surface area contributed by atoms with Crippen molar-refractivity contribution in [3.8, 4) is 11.1 Å². The lowest BCUT2D eigenvalue weighted by Crippen LogP contribution is -2.61. The maximum absolute atomic E-state index is 13.8. The molecule has 51 heavy (non-hydrogen) atoms. The highest BCUT2D eigenvalue weighted by atomic mass is 16.7. The molecular weight excluding hydrogens is 640 g/mol. The molecule has 9 heteroatoms. The molecule has 3 aromatic rings. The second-order valence-electron chi connectivity index (χ2n) is 15.5. The third-order valence-electron chi connectivity index (χ3n) is 10.6. The van der Waals surface area contributed by atoms with Gasteiger partial charge in [0.25, 0.3) is 0 Å². The van der Waals surface area contributed by atoms with Crippen molar-refractivity contribution in [2.24, 2.45) is 5.92 Å². The lowest BCUT2D eigenvalue weighted by Gasteiger charge is -2.50. The van der Waals surface area contributed by atoms with Crippen molar-refractivity contribution >= 4 is 11.9 Å². The van der Waals surface area contributed by atoms with Crippen molar-refractivity contribution in [2.45, 2.75) is 122 Å². The van der Waals surface area contributed by atoms with E-state index in [2.05, 4.69) is 51.2 Å². The van der Waals surface area contributed by atoms with Gasteiger partial charge in [-0.1, -0.05) is 85.6 Å². The number of benzene rings is 3. The number of ether oxygens (including phenoxy) is 2. The summed E-state index contributed by atoms with van der Waals surface area (Å²) in [6, 6.07) is 24.4. The minimum Gasteiger partial charge on any atom is -0.392 e. The fourth-order valence-electron chi connectivity index (χ4n) is 8.17. The predicted octanol–water partition coefficient (Wildman–Crippen LogP) is 7.15. The third kappa shape index (κ3) is 9.38. The van der Waals surface area contributed by atoms with Gasteiger partial charge in [-0.15, -0.1) is 0 Å². The first kappa shape index (κ1) is 37.0. The molecule has 2 aliphatic heterocycles. The molecule has 4 N–H and O–H groups in total. The van der Waals surface area contributed by atoms with Crippen LogP contribution in [0.15, 0.2) is 72.8 Å². The molecule has 6 unspecified atom stereocenters. The average molecular weight is 697 g/mol. The van der Waals surface area contributed by atoms with Crippen molar-refractivity contribution in [3.05, 3.63) is 95.1 Å². The number of hydrogen-bond acceptors (Lipinski definition) is 6. The van der Waals surface area contributed by atoms with Gasteiger partial charge in [-0.25, -0.2) is 4.79 Å². The second-order valence-corrected chi connectivity index (χ2v) is 15.5. The number of hydrogen-bond donors (Lipinski definition) is 4. The van der Waals surface area contributed by atoms with Crippen LogP contribution in [-0.2, 0) is 27.4 Å². The summed E-state index contributed by atoms with van der Waals surface area (Å²) in [6.07, 6.45) is 6.47. The number of piperidine rings is 1. The molecule has 0 radical (unpaired) electrons. The molecule has 3 aliphatic rings. The quantitative estimate of drug-likeness (QED) is 0.179. The summed E-state index contributed by atoms with van der Waals surface area (Å²) in [5, 5.41) is 18.7. The van der Waals surface area contributed by atoms with Crippen LogP contribution in [0.1, 0.15) is 107 Å². The van der Waals surface area contributed by atoms with Gasteiger partial charge >= 0.3 is 6.03 Å². The number of carbonyl (C=O) groups is 2. The SMILES string of the molecule is CCNC(=O)NCc1ccccc1-c1ccc(C2OC(CN3C(C(=O)NC(C)(C)C)CCC4CCCCC43)CC(c3ccc(CO)cc3)O2)cc1. The smallest absolute Gasteiger partial charge is 0.315 e. The predicted molar refractivity (Wildman–Crippen MR) is 200 cm³/mol. The van der Waals surface area contributed by atoms with Crippen LogP contribution in [-0.4, -0.2) is 58.8 Å². The summed E-state index contributed by atoms with van der Waals surface area (Å²) in [5.41, 5.74) is 5.66. The summed E-state index contributed by atoms with van der Waals surface area (Å²) in [7, 11) is 0. The van der Waals surface area contributed by atoms with E-state index in [0.717, 1.165) is 52.6 Å². The number of rotatable bonds is 10. The number of aliphatic hydroxyl groups is 1. The van der Waals surface area contributed by atoms with Gasteiger partial charge in [0.05, 0.1) is 24.9 Å². The van der Waals surface area contributed by atoms with Crippen LogP contribution in [0.4, 0.5) is 4.79 Å². The second kappa shape index (κ2) is 16.7. The molecule has 6 rings (SSSR count). The van der Waals surface area contributed by atoms with E-state index in [1.807, 2.05) is 70.2 Å². The van der Waals surface area contributed by atoms with E-state index >= 15 is 0 Å². The maximum Gasteiger partial charge on any atom is 0.315 e. The number of likely N-dealkylation sites (tertiary alicyclic amines) is 1. The molecule has 0 aromatic heterocycles. The molecule has 0 spiro atoms. The van der Waals surface area contributed by atoms with Crippen LogP contribution in [0.5, 0.6) is 0 Å². The number of carbonyl (C=O) groups excluding carboxylic acids is 2. The Balaban J connectivity index is 1.26. The van der Waals surface area contributed by atoms with Crippen LogP contribution in [0.25, 0.3) is 11.1 Å². The topological polar surface area (TPSA) is 112 Å². The fraction of sp³-hybridized carbons (Fsp3) is 0.524. The Labute approximate surface area is 303 Å². The Morgan fingerprint density at radius 1 is 0.863 bits per heavy atom. The van der Waals surface area contributed by atoms with Crippen molar-refractivity contribution in [3.63, 3.8) is 0 Å². The standard InChI is InChI=1S/C42H56N4O5/c1-5-43-41(49)44-25-33-11-6-8-12-35(33)29-18-20-32(21-19-29)40-50-34(24-38(51-40)31-16-14-28(27-47)15-17-31)26-46-36-13-9-7-10-30(36)22-23-37(46)39(48)45-42(2,3)4/h6,8,11-12,14-21,30,34,36-38,40,47H,5,7,9-10,13,22-27H2,1-4H3,(H,45,48)(H2,43,44,49). The highest BCUT2D eigenvalue weighted by molar-refractivity contribution is 5.82. The molecule has 6 atom stereocenters. The van der Waals surface area contributed by atoms with Crippen LogP contribution < -0.4 is 16.0 Å². The molecule has 274 valence electrons. The highest BCUT2D eigenvalue weighted by Gasteiger charge is 2.44. The van der Waals surface area contributed by atoms with Gasteiger partial charge in [0.15, 0.2) is 6.29 Å². The minimum atomic E-state index is -0.594. The molecule has 0 bridgehead atoms. The third-order valence-corrected chi connectivity index (χ3v) is 10.6.